The average Bonchev–Trinajstić information content (AvgIpc) is 2.80. The van der Waals surface area contributed by atoms with Crippen molar-refractivity contribution in [3.8, 4) is 0 Å². The maximum Gasteiger partial charge on any atom is 0.234 e. The van der Waals surface area contributed by atoms with Gasteiger partial charge in [0.15, 0.2) is 0 Å². The Morgan fingerprint density at radius 1 is 1.35 bits per heavy atom. The number of hydrogen-bond donors (Lipinski definition) is 3. The predicted molar refractivity (Wildman–Crippen MR) is 62.6 cm³/mol. The molecule has 0 saturated carbocycles. The van der Waals surface area contributed by atoms with Gasteiger partial charge in [0.25, 0.3) is 0 Å². The van der Waals surface area contributed by atoms with Crippen LogP contribution in [0.1, 0.15) is 12.8 Å². The van der Waals surface area contributed by atoms with Crippen LogP contribution >= 0.6 is 0 Å². The molecule has 0 radical (unpaired) electrons. The van der Waals surface area contributed by atoms with Crippen LogP contribution < -0.4 is 5.32 Å². The van der Waals surface area contributed by atoms with Crippen LogP contribution in [0.5, 0.6) is 0 Å². The summed E-state index contributed by atoms with van der Waals surface area (Å²) >= 11 is 0. The third-order valence-electron chi connectivity index (χ3n) is 2.75. The number of rotatable bonds is 8. The van der Waals surface area contributed by atoms with E-state index in [1.165, 1.54) is 0 Å². The van der Waals surface area contributed by atoms with Crippen LogP contribution in [-0.2, 0) is 9.53 Å². The molecule has 17 heavy (non-hydrogen) atoms. The van der Waals surface area contributed by atoms with Gasteiger partial charge < -0.3 is 20.3 Å². The number of nitrogens with zero attached hydrogens (tertiary/aromatic N) is 1. The van der Waals surface area contributed by atoms with Crippen molar-refractivity contribution >= 4 is 5.91 Å². The summed E-state index contributed by atoms with van der Waals surface area (Å²) in [6.07, 6.45) is 2.20. The molecular formula is C11H22N2O4. The molecule has 1 atom stereocenters. The van der Waals surface area contributed by atoms with E-state index in [9.17, 15) is 4.79 Å². The van der Waals surface area contributed by atoms with Crippen molar-refractivity contribution in [3.63, 3.8) is 0 Å². The summed E-state index contributed by atoms with van der Waals surface area (Å²) in [5.74, 6) is -0.0950. The standard InChI is InChI=1S/C11H22N2O4/c14-5-3-13(4-6-15)9-11(16)12-8-10-2-1-7-17-10/h10,14-15H,1-9H2,(H,12,16). The Bertz CT molecular complexity index is 214. The molecule has 1 heterocycles. The van der Waals surface area contributed by atoms with Crippen molar-refractivity contribution in [3.05, 3.63) is 0 Å². The number of carbonyl (C=O) groups is 1. The summed E-state index contributed by atoms with van der Waals surface area (Å²) in [7, 11) is 0. The molecular weight excluding hydrogens is 224 g/mol. The third-order valence-corrected chi connectivity index (χ3v) is 2.75. The number of nitrogens with one attached hydrogen (secondary N) is 1. The zero-order valence-corrected chi connectivity index (χ0v) is 10.1. The van der Waals surface area contributed by atoms with Gasteiger partial charge in [-0.15, -0.1) is 0 Å². The molecule has 6 heteroatoms. The number of aliphatic hydroxyl groups is 2. The summed E-state index contributed by atoms with van der Waals surface area (Å²) in [6, 6.07) is 0. The first-order valence-electron chi connectivity index (χ1n) is 6.08. The Labute approximate surface area is 102 Å². The topological polar surface area (TPSA) is 82.0 Å². The smallest absolute Gasteiger partial charge is 0.234 e. The lowest BCUT2D eigenvalue weighted by molar-refractivity contribution is -0.122. The van der Waals surface area contributed by atoms with Gasteiger partial charge in [0.2, 0.25) is 5.91 Å². The first kappa shape index (κ1) is 14.4. The van der Waals surface area contributed by atoms with Gasteiger partial charge in [-0.25, -0.2) is 0 Å². The van der Waals surface area contributed by atoms with E-state index in [0.29, 0.717) is 19.6 Å². The number of amides is 1. The highest BCUT2D eigenvalue weighted by Crippen LogP contribution is 2.10. The number of hydrogen-bond acceptors (Lipinski definition) is 5. The van der Waals surface area contributed by atoms with Crippen LogP contribution in [0.2, 0.25) is 0 Å². The Morgan fingerprint density at radius 2 is 2.06 bits per heavy atom. The molecule has 1 aliphatic heterocycles. The quantitative estimate of drug-likeness (QED) is 0.489. The molecule has 1 unspecified atom stereocenters. The van der Waals surface area contributed by atoms with E-state index in [1.807, 2.05) is 0 Å². The van der Waals surface area contributed by atoms with Crippen molar-refractivity contribution in [2.24, 2.45) is 0 Å². The van der Waals surface area contributed by atoms with Gasteiger partial charge in [0.1, 0.15) is 0 Å². The minimum absolute atomic E-state index is 0.0149. The van der Waals surface area contributed by atoms with Gasteiger partial charge in [0, 0.05) is 26.2 Å². The second kappa shape index (κ2) is 8.41. The van der Waals surface area contributed by atoms with E-state index in [1.54, 1.807) is 4.90 Å². The first-order valence-corrected chi connectivity index (χ1v) is 6.08. The minimum Gasteiger partial charge on any atom is -0.395 e. The largest absolute Gasteiger partial charge is 0.395 e. The van der Waals surface area contributed by atoms with Crippen molar-refractivity contribution in [1.29, 1.82) is 0 Å². The van der Waals surface area contributed by atoms with Gasteiger partial charge in [-0.1, -0.05) is 0 Å². The van der Waals surface area contributed by atoms with Crippen LogP contribution in [0.3, 0.4) is 0 Å². The van der Waals surface area contributed by atoms with Crippen LogP contribution in [0.15, 0.2) is 0 Å². The summed E-state index contributed by atoms with van der Waals surface area (Å²) in [5, 5.41) is 20.4. The molecule has 0 aromatic carbocycles. The number of carbonyl (C=O) groups excluding carboxylic acids is 1. The molecule has 1 saturated heterocycles. The molecule has 0 aromatic rings. The van der Waals surface area contributed by atoms with Crippen molar-refractivity contribution in [1.82, 2.24) is 10.2 Å². The highest BCUT2D eigenvalue weighted by atomic mass is 16.5. The van der Waals surface area contributed by atoms with Crippen molar-refractivity contribution < 1.29 is 19.7 Å². The van der Waals surface area contributed by atoms with Gasteiger partial charge >= 0.3 is 0 Å². The van der Waals surface area contributed by atoms with Gasteiger partial charge in [-0.05, 0) is 12.8 Å². The fourth-order valence-electron chi connectivity index (χ4n) is 1.84. The van der Waals surface area contributed by atoms with Crippen LogP contribution in [0.25, 0.3) is 0 Å². The van der Waals surface area contributed by atoms with Crippen LogP contribution in [0, 0.1) is 0 Å². The van der Waals surface area contributed by atoms with E-state index in [2.05, 4.69) is 5.32 Å². The summed E-state index contributed by atoms with van der Waals surface area (Å²) in [6.45, 7) is 2.29. The number of ether oxygens (including phenoxy) is 1. The summed E-state index contributed by atoms with van der Waals surface area (Å²) < 4.78 is 5.39. The SMILES string of the molecule is O=C(CN(CCO)CCO)NCC1CCCO1. The van der Waals surface area contributed by atoms with E-state index < -0.39 is 0 Å². The van der Waals surface area contributed by atoms with Crippen molar-refractivity contribution in [2.75, 3.05) is 46.0 Å². The number of aliphatic hydroxyl groups excluding tert-OH is 2. The van der Waals surface area contributed by atoms with Gasteiger partial charge in [0.05, 0.1) is 25.9 Å². The van der Waals surface area contributed by atoms with Gasteiger partial charge in [-0.2, -0.15) is 0 Å². The van der Waals surface area contributed by atoms with E-state index >= 15 is 0 Å². The lowest BCUT2D eigenvalue weighted by atomic mass is 10.2. The molecule has 0 spiro atoms. The molecule has 0 bridgehead atoms. The maximum absolute atomic E-state index is 11.6. The predicted octanol–water partition coefficient (Wildman–Crippen LogP) is -1.43. The molecule has 1 aliphatic rings. The minimum atomic E-state index is -0.0950. The fourth-order valence-corrected chi connectivity index (χ4v) is 1.84. The van der Waals surface area contributed by atoms with Gasteiger partial charge in [-0.3, -0.25) is 9.69 Å². The summed E-state index contributed by atoms with van der Waals surface area (Å²) in [4.78, 5) is 13.3. The van der Waals surface area contributed by atoms with Crippen LogP contribution in [0.4, 0.5) is 0 Å². The molecule has 6 nitrogen and oxygen atoms in total. The monoisotopic (exact) mass is 246 g/mol. The molecule has 1 fully saturated rings. The van der Waals surface area contributed by atoms with E-state index in [-0.39, 0.29) is 31.8 Å². The lowest BCUT2D eigenvalue weighted by Crippen LogP contribution is -2.42. The highest BCUT2D eigenvalue weighted by Gasteiger charge is 2.17. The first-order chi connectivity index (χ1) is 8.26. The summed E-state index contributed by atoms with van der Waals surface area (Å²) in [5.41, 5.74) is 0. The second-order valence-electron chi connectivity index (χ2n) is 4.16. The second-order valence-corrected chi connectivity index (χ2v) is 4.16. The average molecular weight is 246 g/mol. The lowest BCUT2D eigenvalue weighted by Gasteiger charge is -2.20. The van der Waals surface area contributed by atoms with E-state index in [4.69, 9.17) is 14.9 Å². The zero-order chi connectivity index (χ0) is 12.5. The Kier molecular flexibility index (Phi) is 7.11. The Balaban J connectivity index is 2.16. The molecule has 0 aromatic heterocycles. The molecule has 3 N–H and O–H groups in total. The normalized spacial score (nSPS) is 19.8. The molecule has 1 rings (SSSR count). The maximum atomic E-state index is 11.6. The van der Waals surface area contributed by atoms with Crippen molar-refractivity contribution in [2.45, 2.75) is 18.9 Å². The Morgan fingerprint density at radius 3 is 2.59 bits per heavy atom. The highest BCUT2D eigenvalue weighted by molar-refractivity contribution is 5.78. The van der Waals surface area contributed by atoms with E-state index in [0.717, 1.165) is 19.4 Å². The third kappa shape index (κ3) is 5.97. The van der Waals surface area contributed by atoms with Crippen LogP contribution in [-0.4, -0.2) is 73.1 Å². The zero-order valence-electron chi connectivity index (χ0n) is 10.1. The fraction of sp³-hybridized carbons (Fsp3) is 0.909. The molecule has 100 valence electrons. The molecule has 0 aliphatic carbocycles. The molecule has 1 amide bonds. The Hall–Kier alpha value is -0.690.